The van der Waals surface area contributed by atoms with Crippen molar-refractivity contribution in [3.05, 3.63) is 83.9 Å². The lowest BCUT2D eigenvalue weighted by molar-refractivity contribution is -0.213. The fraction of sp³-hybridized carbons (Fsp3) is 0.444. The van der Waals surface area contributed by atoms with Crippen LogP contribution in [0.1, 0.15) is 50.7 Å². The normalized spacial score (nSPS) is 17.4. The third-order valence-corrected chi connectivity index (χ3v) is 8.45. The number of fused-ring (bicyclic) bond motifs is 1. The number of piperidine rings is 1. The fourth-order valence-corrected chi connectivity index (χ4v) is 5.93. The Kier molecular flexibility index (Phi) is 13.0. The molecular weight excluding hydrogens is 641 g/mol. The maximum atomic E-state index is 13.9. The van der Waals surface area contributed by atoms with E-state index in [0.717, 1.165) is 21.9 Å². The average Bonchev–Trinajstić information content (AvgIpc) is 3.07. The molecule has 264 valence electrons. The van der Waals surface area contributed by atoms with Gasteiger partial charge in [-0.2, -0.15) is 13.2 Å². The van der Waals surface area contributed by atoms with Gasteiger partial charge in [-0.05, 0) is 53.5 Å². The number of amides is 4. The van der Waals surface area contributed by atoms with Crippen LogP contribution < -0.4 is 21.3 Å². The minimum atomic E-state index is -5.08. The van der Waals surface area contributed by atoms with Crippen molar-refractivity contribution in [3.8, 4) is 0 Å². The summed E-state index contributed by atoms with van der Waals surface area (Å²) in [5.41, 5.74) is 1.45. The summed E-state index contributed by atoms with van der Waals surface area (Å²) in [4.78, 5) is 52.8. The molecule has 5 atom stereocenters. The van der Waals surface area contributed by atoms with Crippen molar-refractivity contribution >= 4 is 34.6 Å². The largest absolute Gasteiger partial charge is 0.445 e. The first-order valence-electron chi connectivity index (χ1n) is 16.4. The number of aliphatic hydroxyl groups is 1. The fourth-order valence-electron chi connectivity index (χ4n) is 5.93. The molecule has 4 rings (SSSR count). The summed E-state index contributed by atoms with van der Waals surface area (Å²) >= 11 is 0. The van der Waals surface area contributed by atoms with E-state index in [4.69, 9.17) is 4.74 Å². The molecule has 13 heteroatoms. The van der Waals surface area contributed by atoms with Crippen LogP contribution in [0.2, 0.25) is 0 Å². The molecule has 3 aromatic rings. The van der Waals surface area contributed by atoms with Gasteiger partial charge in [-0.3, -0.25) is 14.4 Å². The number of rotatable bonds is 14. The molecule has 4 amide bonds. The molecule has 1 fully saturated rings. The molecule has 1 heterocycles. The highest BCUT2D eigenvalue weighted by Gasteiger charge is 2.46. The second-order valence-electron chi connectivity index (χ2n) is 12.8. The van der Waals surface area contributed by atoms with Crippen molar-refractivity contribution in [2.45, 2.75) is 83.0 Å². The Morgan fingerprint density at radius 3 is 2.29 bits per heavy atom. The Bertz CT molecular complexity index is 1580. The molecule has 1 aliphatic rings. The van der Waals surface area contributed by atoms with Gasteiger partial charge in [0.15, 0.2) is 6.10 Å². The van der Waals surface area contributed by atoms with E-state index in [1.54, 1.807) is 38.1 Å². The van der Waals surface area contributed by atoms with Crippen molar-refractivity contribution < 1.29 is 42.2 Å². The van der Waals surface area contributed by atoms with Crippen LogP contribution in [0.3, 0.4) is 0 Å². The monoisotopic (exact) mass is 684 g/mol. The minimum Gasteiger partial charge on any atom is -0.445 e. The minimum absolute atomic E-state index is 0.00977. The van der Waals surface area contributed by atoms with E-state index >= 15 is 0 Å². The number of aliphatic hydroxyl groups excluding tert-OH is 1. The summed E-state index contributed by atoms with van der Waals surface area (Å²) in [7, 11) is 0. The second kappa shape index (κ2) is 17.1. The first-order valence-corrected chi connectivity index (χ1v) is 16.4. The van der Waals surface area contributed by atoms with Gasteiger partial charge in [0.05, 0.1) is 6.04 Å². The Hall–Kier alpha value is -4.65. The lowest BCUT2D eigenvalue weighted by Crippen LogP contribution is -2.59. The number of nitrogens with one attached hydrogen (secondary N) is 4. The van der Waals surface area contributed by atoms with Gasteiger partial charge in [0.1, 0.15) is 18.7 Å². The molecule has 0 bridgehead atoms. The number of hydrogen-bond donors (Lipinski definition) is 5. The van der Waals surface area contributed by atoms with Crippen molar-refractivity contribution in [2.24, 2.45) is 11.8 Å². The number of alkyl halides is 3. The van der Waals surface area contributed by atoms with Crippen molar-refractivity contribution in [1.29, 1.82) is 0 Å². The summed E-state index contributed by atoms with van der Waals surface area (Å²) < 4.78 is 46.5. The van der Waals surface area contributed by atoms with Gasteiger partial charge >= 0.3 is 12.3 Å². The third-order valence-electron chi connectivity index (χ3n) is 8.45. The molecule has 0 aliphatic carbocycles. The van der Waals surface area contributed by atoms with Gasteiger partial charge in [-0.15, -0.1) is 0 Å². The van der Waals surface area contributed by atoms with Gasteiger partial charge in [-0.1, -0.05) is 86.6 Å². The predicted octanol–water partition coefficient (Wildman–Crippen LogP) is 4.53. The van der Waals surface area contributed by atoms with E-state index in [9.17, 15) is 37.5 Å². The van der Waals surface area contributed by atoms with Crippen LogP contribution >= 0.6 is 0 Å². The van der Waals surface area contributed by atoms with Gasteiger partial charge in [0, 0.05) is 18.9 Å². The molecule has 2 unspecified atom stereocenters. The molecule has 0 aromatic heterocycles. The van der Waals surface area contributed by atoms with Gasteiger partial charge in [0.2, 0.25) is 17.7 Å². The standard InChI is InChI=1S/C36H43F3N4O6/c1-22(2)18-29(33(46)41-28(31(44)36(37,38)39)20-26-15-9-17-40-32(26)45)42-34(47)30(43-35(48)49-21-23-10-4-3-5-11-23)19-25-14-8-13-24-12-6-7-16-27(24)25/h3-8,10-14,16,22,26,28-31,44H,9,15,17-21H2,1-2H3,(H,40,45)(H,41,46)(H,42,47)(H,43,48)/t26-,28-,29-,30?,31?/m0/s1. The highest BCUT2D eigenvalue weighted by atomic mass is 19.4. The average molecular weight is 685 g/mol. The summed E-state index contributed by atoms with van der Waals surface area (Å²) in [6.45, 7) is 3.88. The molecule has 1 saturated heterocycles. The summed E-state index contributed by atoms with van der Waals surface area (Å²) in [5, 5.41) is 22.1. The number of hydrogen-bond acceptors (Lipinski definition) is 6. The Morgan fingerprint density at radius 1 is 0.918 bits per heavy atom. The summed E-state index contributed by atoms with van der Waals surface area (Å²) in [5.74, 6) is -3.20. The van der Waals surface area contributed by atoms with Gasteiger partial charge in [0.25, 0.3) is 0 Å². The van der Waals surface area contributed by atoms with E-state index in [1.807, 2.05) is 48.5 Å². The zero-order valence-corrected chi connectivity index (χ0v) is 27.5. The van der Waals surface area contributed by atoms with Crippen molar-refractivity contribution in [2.75, 3.05) is 6.54 Å². The highest BCUT2D eigenvalue weighted by Crippen LogP contribution is 2.28. The Morgan fingerprint density at radius 2 is 1.59 bits per heavy atom. The van der Waals surface area contributed by atoms with Crippen molar-refractivity contribution in [3.63, 3.8) is 0 Å². The highest BCUT2D eigenvalue weighted by molar-refractivity contribution is 5.93. The van der Waals surface area contributed by atoms with Crippen LogP contribution in [-0.2, 0) is 32.1 Å². The topological polar surface area (TPSA) is 146 Å². The van der Waals surface area contributed by atoms with E-state index in [-0.39, 0.29) is 25.4 Å². The molecule has 10 nitrogen and oxygen atoms in total. The van der Waals surface area contributed by atoms with Crippen LogP contribution in [0.4, 0.5) is 18.0 Å². The number of benzene rings is 3. The molecule has 5 N–H and O–H groups in total. The second-order valence-corrected chi connectivity index (χ2v) is 12.8. The van der Waals surface area contributed by atoms with Crippen LogP contribution in [0.5, 0.6) is 0 Å². The number of carbonyl (C=O) groups is 4. The molecule has 0 saturated carbocycles. The van der Waals surface area contributed by atoms with Crippen LogP contribution in [0.15, 0.2) is 72.8 Å². The zero-order valence-electron chi connectivity index (χ0n) is 27.5. The Labute approximate surface area is 283 Å². The SMILES string of the molecule is CC(C)C[C@H](NC(=O)C(Cc1cccc2ccccc12)NC(=O)OCc1ccccc1)C(=O)N[C@@H](C[C@@H]1CCCNC1=O)C(O)C(F)(F)F. The molecular formula is C36H43F3N4O6. The molecule has 1 aliphatic heterocycles. The number of carbonyl (C=O) groups excluding carboxylic acids is 4. The maximum absolute atomic E-state index is 13.9. The lowest BCUT2D eigenvalue weighted by Gasteiger charge is -2.32. The van der Waals surface area contributed by atoms with Crippen LogP contribution in [0.25, 0.3) is 10.8 Å². The molecule has 0 spiro atoms. The zero-order chi connectivity index (χ0) is 35.6. The number of alkyl carbamates (subject to hydrolysis) is 1. The van der Waals surface area contributed by atoms with E-state index in [0.29, 0.717) is 19.4 Å². The van der Waals surface area contributed by atoms with Crippen molar-refractivity contribution in [1.82, 2.24) is 21.3 Å². The smallest absolute Gasteiger partial charge is 0.416 e. The lowest BCUT2D eigenvalue weighted by atomic mass is 9.89. The van der Waals surface area contributed by atoms with Gasteiger partial charge < -0.3 is 31.1 Å². The van der Waals surface area contributed by atoms with Crippen LogP contribution in [-0.4, -0.2) is 65.9 Å². The maximum Gasteiger partial charge on any atom is 0.416 e. The first kappa shape index (κ1) is 37.2. The quantitative estimate of drug-likeness (QED) is 0.169. The predicted molar refractivity (Wildman–Crippen MR) is 177 cm³/mol. The van der Waals surface area contributed by atoms with Crippen LogP contribution in [0, 0.1) is 11.8 Å². The summed E-state index contributed by atoms with van der Waals surface area (Å²) in [6, 6.07) is 17.5. The molecule has 3 aromatic carbocycles. The van der Waals surface area contributed by atoms with E-state index in [1.165, 1.54) is 0 Å². The first-order chi connectivity index (χ1) is 23.3. The Balaban J connectivity index is 1.56. The van der Waals surface area contributed by atoms with Gasteiger partial charge in [-0.25, -0.2) is 4.79 Å². The summed E-state index contributed by atoms with van der Waals surface area (Å²) in [6.07, 6.45) is -8.45. The molecule has 49 heavy (non-hydrogen) atoms. The van der Waals surface area contributed by atoms with E-state index in [2.05, 4.69) is 21.3 Å². The third kappa shape index (κ3) is 10.9. The molecule has 0 radical (unpaired) electrons. The van der Waals surface area contributed by atoms with E-state index < -0.39 is 66.6 Å². The number of ether oxygens (including phenoxy) is 1. The number of halogens is 3.